The Labute approximate surface area is 374 Å². The molecule has 0 aliphatic rings. The van der Waals surface area contributed by atoms with Gasteiger partial charge in [-0.25, -0.2) is 4.57 Å². The van der Waals surface area contributed by atoms with Crippen molar-refractivity contribution >= 4 is 25.7 Å². The van der Waals surface area contributed by atoms with Crippen LogP contribution in [0, 0.1) is 0 Å². The molecular formula is C32H36F26NO10P. The van der Waals surface area contributed by atoms with Gasteiger partial charge >= 0.3 is 97.3 Å². The molecule has 11 nitrogen and oxygen atoms in total. The van der Waals surface area contributed by atoms with Crippen molar-refractivity contribution in [2.24, 2.45) is 5.73 Å². The summed E-state index contributed by atoms with van der Waals surface area (Å²) in [7, 11) is -5.46. The van der Waals surface area contributed by atoms with Crippen LogP contribution >= 0.6 is 7.82 Å². The number of rotatable bonds is 32. The number of hydrogen-bond acceptors (Lipinski definition) is 9. The van der Waals surface area contributed by atoms with Crippen LogP contribution in [0.3, 0.4) is 0 Å². The largest absolute Gasteiger partial charge is 0.480 e. The number of halogens is 26. The van der Waals surface area contributed by atoms with E-state index in [1.165, 1.54) is 0 Å². The van der Waals surface area contributed by atoms with Gasteiger partial charge in [0.15, 0.2) is 0 Å². The summed E-state index contributed by atoms with van der Waals surface area (Å²) in [5.74, 6) is -80.3. The molecule has 4 N–H and O–H groups in total. The van der Waals surface area contributed by atoms with Crippen LogP contribution in [-0.2, 0) is 37.5 Å². The molecule has 0 radical (unpaired) electrons. The Morgan fingerprint density at radius 1 is 0.443 bits per heavy atom. The average Bonchev–Trinajstić information content (AvgIpc) is 3.18. The van der Waals surface area contributed by atoms with Gasteiger partial charge in [0.05, 0.1) is 6.61 Å². The highest BCUT2D eigenvalue weighted by Gasteiger charge is 2.92. The summed E-state index contributed by atoms with van der Waals surface area (Å²) in [5.41, 5.74) is 5.08. The van der Waals surface area contributed by atoms with Gasteiger partial charge in [-0.2, -0.15) is 114 Å². The number of hydrogen-bond donors (Lipinski definition) is 3. The van der Waals surface area contributed by atoms with Crippen LogP contribution in [0.25, 0.3) is 0 Å². The molecule has 0 fully saturated rings. The third-order valence-electron chi connectivity index (χ3n) is 9.12. The molecule has 2 unspecified atom stereocenters. The van der Waals surface area contributed by atoms with Gasteiger partial charge in [0.25, 0.3) is 0 Å². The Hall–Kier alpha value is -3.34. The van der Waals surface area contributed by atoms with Crippen molar-refractivity contribution in [3.05, 3.63) is 0 Å². The maximum absolute atomic E-state index is 14.0. The van der Waals surface area contributed by atoms with Crippen molar-refractivity contribution in [3.8, 4) is 0 Å². The van der Waals surface area contributed by atoms with E-state index in [4.69, 9.17) is 10.8 Å². The molecule has 0 aliphatic carbocycles. The molecule has 416 valence electrons. The van der Waals surface area contributed by atoms with E-state index in [-0.39, 0.29) is 0 Å². The maximum atomic E-state index is 14.0. The lowest BCUT2D eigenvalue weighted by atomic mass is 9.91. The van der Waals surface area contributed by atoms with E-state index in [0.717, 1.165) is 0 Å². The van der Waals surface area contributed by atoms with Crippen LogP contribution in [-0.4, -0.2) is 131 Å². The Bertz CT molecular complexity index is 1680. The maximum Gasteiger partial charge on any atom is 0.472 e. The number of carboxylic acid groups (broad SMARTS) is 1. The zero-order valence-corrected chi connectivity index (χ0v) is 35.2. The lowest BCUT2D eigenvalue weighted by Gasteiger charge is -2.39. The molecule has 0 amide bonds. The highest BCUT2D eigenvalue weighted by atomic mass is 31.2. The Morgan fingerprint density at radius 3 is 1.01 bits per heavy atom. The van der Waals surface area contributed by atoms with Gasteiger partial charge in [-0.1, -0.05) is 25.7 Å². The second kappa shape index (κ2) is 23.3. The molecule has 0 saturated heterocycles. The fourth-order valence-electron chi connectivity index (χ4n) is 4.95. The van der Waals surface area contributed by atoms with E-state index in [9.17, 15) is 138 Å². The van der Waals surface area contributed by atoms with Gasteiger partial charge < -0.3 is 25.2 Å². The van der Waals surface area contributed by atoms with Crippen LogP contribution in [0.4, 0.5) is 114 Å². The molecule has 0 spiro atoms. The number of ether oxygens (including phenoxy) is 2. The standard InChI is InChI=1S/C32H36F26NO10P/c33-21(34,23(37,38)25(41,42)27(45,46)29(49,50)31(53,54)55)11-7-3-1-5-9-18(60)66-13-16(69-70(64,65)68-15-17(59)20(62)63)14-67-19(61)10-6-2-4-8-12-22(35,36)24(39,40)26(43,44)28(47,48)30(51,52)32(56,57)58/h16-17H,1-15,59H2,(H,62,63)(H,64,65). The van der Waals surface area contributed by atoms with Gasteiger partial charge in [-0.3, -0.25) is 23.4 Å². The second-order valence-electron chi connectivity index (χ2n) is 14.6. The first-order chi connectivity index (χ1) is 30.9. The molecule has 0 bridgehead atoms. The Morgan fingerprint density at radius 2 is 0.729 bits per heavy atom. The number of aliphatic carboxylic acids is 1. The minimum Gasteiger partial charge on any atom is -0.480 e. The zero-order chi connectivity index (χ0) is 55.8. The van der Waals surface area contributed by atoms with Crippen molar-refractivity contribution in [3.63, 3.8) is 0 Å². The number of carboxylic acids is 1. The van der Waals surface area contributed by atoms with Crippen molar-refractivity contribution in [2.75, 3.05) is 19.8 Å². The summed E-state index contributed by atoms with van der Waals surface area (Å²) >= 11 is 0. The average molecular weight is 1120 g/mol. The van der Waals surface area contributed by atoms with E-state index < -0.39 is 206 Å². The van der Waals surface area contributed by atoms with Crippen molar-refractivity contribution < 1.29 is 162 Å². The highest BCUT2D eigenvalue weighted by molar-refractivity contribution is 7.47. The number of phosphoric ester groups is 1. The molecule has 38 heteroatoms. The molecular weight excluding hydrogens is 1080 g/mol. The summed E-state index contributed by atoms with van der Waals surface area (Å²) in [5, 5.41) is 8.76. The summed E-state index contributed by atoms with van der Waals surface area (Å²) in [4.78, 5) is 45.0. The number of nitrogens with two attached hydrogens (primary N) is 1. The molecule has 0 saturated carbocycles. The van der Waals surface area contributed by atoms with Gasteiger partial charge in [0.2, 0.25) is 0 Å². The van der Waals surface area contributed by atoms with Crippen LogP contribution in [0.5, 0.6) is 0 Å². The second-order valence-corrected chi connectivity index (χ2v) is 16.0. The van der Waals surface area contributed by atoms with E-state index in [0.29, 0.717) is 0 Å². The summed E-state index contributed by atoms with van der Waals surface area (Å²) in [6.07, 6.45) is -30.4. The fourth-order valence-corrected chi connectivity index (χ4v) is 5.86. The van der Waals surface area contributed by atoms with Gasteiger partial charge in [-0.05, 0) is 25.7 Å². The first kappa shape index (κ1) is 66.7. The minimum absolute atomic E-state index is 0.522. The zero-order valence-electron chi connectivity index (χ0n) is 34.3. The molecule has 0 aromatic carbocycles. The first-order valence-electron chi connectivity index (χ1n) is 18.8. The van der Waals surface area contributed by atoms with E-state index in [2.05, 4.69) is 18.5 Å². The molecule has 2 atom stereocenters. The minimum atomic E-state index is -8.10. The predicted molar refractivity (Wildman–Crippen MR) is 175 cm³/mol. The number of alkyl halides is 26. The molecule has 0 aromatic heterocycles. The van der Waals surface area contributed by atoms with E-state index in [1.807, 2.05) is 0 Å². The molecule has 0 aliphatic heterocycles. The van der Waals surface area contributed by atoms with Gasteiger partial charge in [-0.15, -0.1) is 0 Å². The summed E-state index contributed by atoms with van der Waals surface area (Å²) in [6, 6.07) is -1.98. The SMILES string of the molecule is NC(COP(=O)(O)OC(COC(=O)CCCCCCC(F)(F)C(F)(F)C(F)(F)C(F)(F)C(F)(F)C(F)(F)F)COC(=O)CCCCCCC(F)(F)C(F)(F)C(F)(F)C(F)(F)C(F)(F)C(F)(F)F)C(=O)O. The van der Waals surface area contributed by atoms with Crippen molar-refractivity contribution in [2.45, 2.75) is 161 Å². The van der Waals surface area contributed by atoms with Crippen LogP contribution in [0.1, 0.15) is 77.0 Å². The van der Waals surface area contributed by atoms with Gasteiger partial charge in [0, 0.05) is 25.7 Å². The molecule has 0 aromatic rings. The Kier molecular flexibility index (Phi) is 22.1. The lowest BCUT2D eigenvalue weighted by Crippen LogP contribution is -2.70. The number of phosphoric acid groups is 1. The monoisotopic (exact) mass is 1120 g/mol. The van der Waals surface area contributed by atoms with Crippen LogP contribution in [0.15, 0.2) is 0 Å². The smallest absolute Gasteiger partial charge is 0.472 e. The van der Waals surface area contributed by atoms with Crippen molar-refractivity contribution in [1.82, 2.24) is 0 Å². The molecule has 0 rings (SSSR count). The number of unbranched alkanes of at least 4 members (excludes halogenated alkanes) is 6. The third-order valence-corrected chi connectivity index (χ3v) is 10.2. The number of carbonyl (C=O) groups excluding carboxylic acids is 2. The van der Waals surface area contributed by atoms with Gasteiger partial charge in [0.1, 0.15) is 25.4 Å². The van der Waals surface area contributed by atoms with Crippen LogP contribution in [0.2, 0.25) is 0 Å². The third kappa shape index (κ3) is 15.1. The topological polar surface area (TPSA) is 172 Å². The fraction of sp³-hybridized carbons (Fsp3) is 0.906. The van der Waals surface area contributed by atoms with Crippen LogP contribution < -0.4 is 5.73 Å². The van der Waals surface area contributed by atoms with Crippen molar-refractivity contribution in [1.29, 1.82) is 0 Å². The highest BCUT2D eigenvalue weighted by Crippen LogP contribution is 2.62. The molecule has 0 heterocycles. The van der Waals surface area contributed by atoms with E-state index in [1.54, 1.807) is 0 Å². The molecule has 70 heavy (non-hydrogen) atoms. The normalized spacial score (nSPS) is 16.0. The van der Waals surface area contributed by atoms with E-state index >= 15 is 0 Å². The summed E-state index contributed by atoms with van der Waals surface area (Å²) in [6.45, 7) is -3.74. The Balaban J connectivity index is 5.43. The number of esters is 2. The number of carbonyl (C=O) groups is 3. The summed E-state index contributed by atoms with van der Waals surface area (Å²) < 4.78 is 375. The first-order valence-corrected chi connectivity index (χ1v) is 20.3. The lowest BCUT2D eigenvalue weighted by molar-refractivity contribution is -0.440. The predicted octanol–water partition coefficient (Wildman–Crippen LogP) is 11.1. The quantitative estimate of drug-likeness (QED) is 0.0253.